The van der Waals surface area contributed by atoms with Crippen LogP contribution in [0.25, 0.3) is 9.88 Å². The Kier molecular flexibility index (Phi) is 6.26. The van der Waals surface area contributed by atoms with E-state index in [1.807, 2.05) is 22.9 Å². The van der Waals surface area contributed by atoms with Crippen molar-refractivity contribution in [3.8, 4) is 9.88 Å². The fourth-order valence-corrected chi connectivity index (χ4v) is 4.00. The molecule has 3 rings (SSSR count). The minimum atomic E-state index is -0.527. The average molecular weight is 427 g/mol. The number of thiophene rings is 1. The van der Waals surface area contributed by atoms with E-state index in [2.05, 4.69) is 10.3 Å². The molecule has 5 nitrogen and oxygen atoms in total. The summed E-state index contributed by atoms with van der Waals surface area (Å²) in [6, 6.07) is 8.61. The van der Waals surface area contributed by atoms with E-state index in [1.165, 1.54) is 17.4 Å². The highest BCUT2D eigenvalue weighted by molar-refractivity contribution is 7.20. The van der Waals surface area contributed by atoms with E-state index < -0.39 is 18.5 Å². The number of benzene rings is 1. The molecule has 2 aromatic heterocycles. The summed E-state index contributed by atoms with van der Waals surface area (Å²) in [5.41, 5.74) is 0.974. The van der Waals surface area contributed by atoms with Crippen LogP contribution in [0.5, 0.6) is 0 Å². The number of halogens is 2. The van der Waals surface area contributed by atoms with Crippen LogP contribution >= 0.6 is 45.9 Å². The molecule has 1 aromatic carbocycles. The van der Waals surface area contributed by atoms with E-state index >= 15 is 0 Å². The first-order valence-electron chi connectivity index (χ1n) is 7.40. The van der Waals surface area contributed by atoms with Crippen LogP contribution in [0.15, 0.2) is 41.1 Å². The molecule has 0 spiro atoms. The normalized spacial score (nSPS) is 10.5. The minimum absolute atomic E-state index is 0.00702. The molecule has 0 unspecified atom stereocenters. The highest BCUT2D eigenvalue weighted by Crippen LogP contribution is 2.28. The molecule has 0 atom stereocenters. The fraction of sp³-hybridized carbons (Fsp3) is 0.118. The maximum Gasteiger partial charge on any atom is 0.312 e. The van der Waals surface area contributed by atoms with Crippen molar-refractivity contribution in [3.63, 3.8) is 0 Å². The van der Waals surface area contributed by atoms with Gasteiger partial charge in [-0.05, 0) is 29.6 Å². The summed E-state index contributed by atoms with van der Waals surface area (Å²) in [5, 5.41) is 7.96. The van der Waals surface area contributed by atoms with Gasteiger partial charge in [0.2, 0.25) is 0 Å². The van der Waals surface area contributed by atoms with Gasteiger partial charge in [0.05, 0.1) is 27.7 Å². The maximum atomic E-state index is 11.9. The lowest BCUT2D eigenvalue weighted by atomic mass is 10.3. The lowest BCUT2D eigenvalue weighted by Crippen LogP contribution is -2.21. The van der Waals surface area contributed by atoms with Crippen molar-refractivity contribution in [3.05, 3.63) is 56.8 Å². The highest BCUT2D eigenvalue weighted by Gasteiger charge is 2.13. The zero-order valence-corrected chi connectivity index (χ0v) is 16.3. The third kappa shape index (κ3) is 5.04. The molecule has 1 amide bonds. The van der Waals surface area contributed by atoms with Crippen molar-refractivity contribution >= 4 is 63.4 Å². The van der Waals surface area contributed by atoms with Crippen molar-refractivity contribution in [1.29, 1.82) is 0 Å². The van der Waals surface area contributed by atoms with Crippen molar-refractivity contribution in [1.82, 2.24) is 4.98 Å². The van der Waals surface area contributed by atoms with Crippen molar-refractivity contribution < 1.29 is 14.3 Å². The Labute approximate surface area is 167 Å². The number of hydrogen-bond donors (Lipinski definition) is 1. The summed E-state index contributed by atoms with van der Waals surface area (Å²) in [6.07, 6.45) is 0.00702. The van der Waals surface area contributed by atoms with Crippen molar-refractivity contribution in [2.24, 2.45) is 0 Å². The number of carbonyl (C=O) groups is 2. The highest BCUT2D eigenvalue weighted by atomic mass is 35.5. The van der Waals surface area contributed by atoms with Gasteiger partial charge in [0.15, 0.2) is 6.61 Å². The Morgan fingerprint density at radius 3 is 2.81 bits per heavy atom. The van der Waals surface area contributed by atoms with Gasteiger partial charge in [-0.25, -0.2) is 4.98 Å². The summed E-state index contributed by atoms with van der Waals surface area (Å²) >= 11 is 14.9. The second-order valence-electron chi connectivity index (χ2n) is 5.13. The van der Waals surface area contributed by atoms with Crippen LogP contribution in [-0.2, 0) is 20.7 Å². The number of nitrogens with zero attached hydrogens (tertiary/aromatic N) is 1. The van der Waals surface area contributed by atoms with E-state index in [-0.39, 0.29) is 6.42 Å². The van der Waals surface area contributed by atoms with Gasteiger partial charge in [-0.3, -0.25) is 9.59 Å². The monoisotopic (exact) mass is 426 g/mol. The molecule has 0 saturated heterocycles. The summed E-state index contributed by atoms with van der Waals surface area (Å²) in [6.45, 7) is -0.413. The second-order valence-corrected chi connectivity index (χ2v) is 7.78. The van der Waals surface area contributed by atoms with Gasteiger partial charge in [-0.2, -0.15) is 0 Å². The quantitative estimate of drug-likeness (QED) is 0.568. The molecule has 0 aliphatic heterocycles. The Hall–Kier alpha value is -1.93. The molecule has 0 aliphatic carbocycles. The number of amides is 1. The van der Waals surface area contributed by atoms with Gasteiger partial charge in [-0.15, -0.1) is 22.7 Å². The second kappa shape index (κ2) is 8.64. The lowest BCUT2D eigenvalue weighted by Gasteiger charge is -2.08. The molecule has 0 radical (unpaired) electrons. The smallest absolute Gasteiger partial charge is 0.312 e. The number of hydrogen-bond acceptors (Lipinski definition) is 6. The van der Waals surface area contributed by atoms with Crippen LogP contribution in [0, 0.1) is 0 Å². The van der Waals surface area contributed by atoms with E-state index in [0.717, 1.165) is 9.88 Å². The number of thiazole rings is 1. The molecular weight excluding hydrogens is 415 g/mol. The molecule has 0 bridgehead atoms. The summed E-state index contributed by atoms with van der Waals surface area (Å²) in [5.74, 6) is -1.03. The predicted octanol–water partition coefficient (Wildman–Crippen LogP) is 4.90. The Balaban J connectivity index is 1.49. The first-order chi connectivity index (χ1) is 12.5. The minimum Gasteiger partial charge on any atom is -0.455 e. The largest absolute Gasteiger partial charge is 0.455 e. The Morgan fingerprint density at radius 1 is 1.19 bits per heavy atom. The topological polar surface area (TPSA) is 68.3 Å². The molecule has 3 aromatic rings. The van der Waals surface area contributed by atoms with Gasteiger partial charge in [0.1, 0.15) is 5.01 Å². The lowest BCUT2D eigenvalue weighted by molar-refractivity contribution is -0.146. The molecule has 26 heavy (non-hydrogen) atoms. The number of nitrogens with one attached hydrogen (secondary N) is 1. The Bertz CT molecular complexity index is 926. The maximum absolute atomic E-state index is 11.9. The molecule has 0 aliphatic rings. The first kappa shape index (κ1) is 18.8. The van der Waals surface area contributed by atoms with Gasteiger partial charge in [-0.1, -0.05) is 29.3 Å². The van der Waals surface area contributed by atoms with E-state index in [1.54, 1.807) is 23.5 Å². The standard InChI is InChI=1S/C17H12Cl2N2O3S2/c18-10-3-4-12(19)13(6-10)21-15(22)8-24-16(23)7-11-9-26-17(20-11)14-2-1-5-25-14/h1-6,9H,7-8H2,(H,21,22). The van der Waals surface area contributed by atoms with Gasteiger partial charge < -0.3 is 10.1 Å². The van der Waals surface area contributed by atoms with Gasteiger partial charge in [0, 0.05) is 10.4 Å². The predicted molar refractivity (Wildman–Crippen MR) is 105 cm³/mol. The average Bonchev–Trinajstić information content (AvgIpc) is 3.28. The number of rotatable bonds is 6. The molecule has 0 fully saturated rings. The summed E-state index contributed by atoms with van der Waals surface area (Å²) < 4.78 is 4.99. The number of esters is 1. The Morgan fingerprint density at radius 2 is 2.04 bits per heavy atom. The number of ether oxygens (including phenoxy) is 1. The van der Waals surface area contributed by atoms with Crippen LogP contribution < -0.4 is 5.32 Å². The first-order valence-corrected chi connectivity index (χ1v) is 9.91. The zero-order valence-electron chi connectivity index (χ0n) is 13.2. The van der Waals surface area contributed by atoms with Crippen molar-refractivity contribution in [2.45, 2.75) is 6.42 Å². The third-order valence-electron chi connectivity index (χ3n) is 3.18. The van der Waals surface area contributed by atoms with E-state index in [9.17, 15) is 9.59 Å². The van der Waals surface area contributed by atoms with Gasteiger partial charge in [0.25, 0.3) is 5.91 Å². The molecule has 2 heterocycles. The number of carbonyl (C=O) groups excluding carboxylic acids is 2. The van der Waals surface area contributed by atoms with Crippen LogP contribution in [0.2, 0.25) is 10.0 Å². The van der Waals surface area contributed by atoms with Crippen LogP contribution in [-0.4, -0.2) is 23.5 Å². The molecule has 9 heteroatoms. The third-order valence-corrected chi connectivity index (χ3v) is 5.67. The number of anilines is 1. The summed E-state index contributed by atoms with van der Waals surface area (Å²) in [7, 11) is 0. The summed E-state index contributed by atoms with van der Waals surface area (Å²) in [4.78, 5) is 29.2. The molecular formula is C17H12Cl2N2O3S2. The van der Waals surface area contributed by atoms with Crippen LogP contribution in [0.1, 0.15) is 5.69 Å². The molecule has 0 saturated carbocycles. The van der Waals surface area contributed by atoms with E-state index in [4.69, 9.17) is 27.9 Å². The SMILES string of the molecule is O=C(COC(=O)Cc1csc(-c2cccs2)n1)Nc1cc(Cl)ccc1Cl. The fourth-order valence-electron chi connectivity index (χ4n) is 2.03. The molecule has 1 N–H and O–H groups in total. The zero-order chi connectivity index (χ0) is 18.5. The van der Waals surface area contributed by atoms with E-state index in [0.29, 0.717) is 21.4 Å². The van der Waals surface area contributed by atoms with Crippen LogP contribution in [0.3, 0.4) is 0 Å². The van der Waals surface area contributed by atoms with Crippen LogP contribution in [0.4, 0.5) is 5.69 Å². The van der Waals surface area contributed by atoms with Gasteiger partial charge >= 0.3 is 5.97 Å². The van der Waals surface area contributed by atoms with Crippen molar-refractivity contribution in [2.75, 3.05) is 11.9 Å². The number of aromatic nitrogens is 1. The molecule has 134 valence electrons.